The van der Waals surface area contributed by atoms with E-state index in [1.807, 2.05) is 63.9 Å². The van der Waals surface area contributed by atoms with Crippen LogP contribution in [0.25, 0.3) is 34.0 Å². The van der Waals surface area contributed by atoms with Crippen LogP contribution >= 0.6 is 15.9 Å². The maximum absolute atomic E-state index is 5.57. The molecule has 1 fully saturated rings. The van der Waals surface area contributed by atoms with Crippen LogP contribution in [-0.2, 0) is 4.74 Å². The van der Waals surface area contributed by atoms with Gasteiger partial charge in [-0.1, -0.05) is 22.0 Å². The Balaban J connectivity index is 1.47. The Hall–Kier alpha value is -3.56. The molecule has 33 heavy (non-hydrogen) atoms. The van der Waals surface area contributed by atoms with E-state index in [9.17, 15) is 0 Å². The number of pyridine rings is 1. The largest absolute Gasteiger partial charge is 0.378 e. The van der Waals surface area contributed by atoms with Gasteiger partial charge in [0.05, 0.1) is 30.3 Å². The fraction of sp³-hybridized carbons (Fsp3) is 0.167. The van der Waals surface area contributed by atoms with Crippen molar-refractivity contribution in [2.75, 3.05) is 31.2 Å². The van der Waals surface area contributed by atoms with Crippen LogP contribution in [0.2, 0.25) is 0 Å². The van der Waals surface area contributed by atoms with Crippen molar-refractivity contribution in [3.05, 3.63) is 77.7 Å². The zero-order valence-electron chi connectivity index (χ0n) is 17.7. The number of fused-ring (bicyclic) bond motifs is 1. The minimum absolute atomic E-state index is 0.690. The molecule has 0 atom stereocenters. The lowest BCUT2D eigenvalue weighted by atomic mass is 10.2. The van der Waals surface area contributed by atoms with Crippen LogP contribution in [0.3, 0.4) is 0 Å². The maximum atomic E-state index is 5.57. The highest BCUT2D eigenvalue weighted by Gasteiger charge is 2.19. The number of hydrogen-bond acceptors (Lipinski definition) is 6. The Labute approximate surface area is 198 Å². The summed E-state index contributed by atoms with van der Waals surface area (Å²) in [5.74, 6) is 0.982. The molecule has 1 saturated heterocycles. The Morgan fingerprint density at radius 3 is 2.52 bits per heavy atom. The molecule has 0 unspecified atom stereocenters. The number of anilines is 1. The predicted molar refractivity (Wildman–Crippen MR) is 130 cm³/mol. The van der Waals surface area contributed by atoms with Gasteiger partial charge in [-0.2, -0.15) is 14.7 Å². The van der Waals surface area contributed by atoms with Crippen molar-refractivity contribution in [3.8, 4) is 28.3 Å². The Bertz CT molecular complexity index is 1420. The Kier molecular flexibility index (Phi) is 5.12. The minimum atomic E-state index is 0.690. The zero-order chi connectivity index (χ0) is 22.2. The molecular weight excluding hydrogens is 482 g/mol. The third-order valence-corrected chi connectivity index (χ3v) is 6.14. The first-order chi connectivity index (χ1) is 16.2. The molecule has 5 heterocycles. The van der Waals surface area contributed by atoms with Gasteiger partial charge in [0.1, 0.15) is 11.5 Å². The number of aromatic nitrogens is 6. The van der Waals surface area contributed by atoms with Crippen LogP contribution in [-0.4, -0.2) is 55.7 Å². The van der Waals surface area contributed by atoms with Crippen LogP contribution in [0.4, 0.5) is 5.82 Å². The lowest BCUT2D eigenvalue weighted by Gasteiger charge is -2.29. The summed E-state index contributed by atoms with van der Waals surface area (Å²) in [5.41, 5.74) is 5.23. The second-order valence-electron chi connectivity index (χ2n) is 7.76. The molecule has 0 spiro atoms. The second kappa shape index (κ2) is 8.42. The standard InChI is InChI=1S/C24H20BrN7O/c25-18-2-1-3-19(14-18)31-9-6-20(28-31)22-16-24(30-10-12-33-13-11-30)32-23(27-22)15-21(29-32)17-4-7-26-8-5-17/h1-9,14-16H,10-13H2. The van der Waals surface area contributed by atoms with Crippen LogP contribution < -0.4 is 4.90 Å². The molecule has 0 N–H and O–H groups in total. The van der Waals surface area contributed by atoms with Crippen LogP contribution in [0.5, 0.6) is 0 Å². The smallest absolute Gasteiger partial charge is 0.158 e. The van der Waals surface area contributed by atoms with Gasteiger partial charge in [-0.15, -0.1) is 0 Å². The molecule has 9 heteroatoms. The SMILES string of the molecule is Brc1cccc(-n2ccc(-c3cc(N4CCOCC4)n4nc(-c5ccncc5)cc4n3)n2)c1. The highest BCUT2D eigenvalue weighted by atomic mass is 79.9. The van der Waals surface area contributed by atoms with E-state index in [1.54, 1.807) is 12.4 Å². The van der Waals surface area contributed by atoms with Gasteiger partial charge in [-0.25, -0.2) is 9.67 Å². The molecule has 1 aliphatic rings. The molecule has 6 rings (SSSR count). The number of nitrogens with zero attached hydrogens (tertiary/aromatic N) is 7. The molecular formula is C24H20BrN7O. The lowest BCUT2D eigenvalue weighted by molar-refractivity contribution is 0.122. The van der Waals surface area contributed by atoms with Crippen molar-refractivity contribution < 1.29 is 4.74 Å². The van der Waals surface area contributed by atoms with Crippen LogP contribution in [0.15, 0.2) is 77.7 Å². The molecule has 5 aromatic rings. The van der Waals surface area contributed by atoms with Gasteiger partial charge in [-0.05, 0) is 36.4 Å². The van der Waals surface area contributed by atoms with E-state index in [2.05, 4.69) is 31.9 Å². The van der Waals surface area contributed by atoms with E-state index in [0.29, 0.717) is 13.2 Å². The predicted octanol–water partition coefficient (Wildman–Crippen LogP) is 4.24. The fourth-order valence-corrected chi connectivity index (χ4v) is 4.38. The van der Waals surface area contributed by atoms with E-state index >= 15 is 0 Å². The molecule has 1 aliphatic heterocycles. The monoisotopic (exact) mass is 501 g/mol. The van der Waals surface area contributed by atoms with Gasteiger partial charge in [0, 0.05) is 53.8 Å². The Morgan fingerprint density at radius 1 is 0.848 bits per heavy atom. The summed E-state index contributed by atoms with van der Waals surface area (Å²) in [5, 5.41) is 9.67. The average Bonchev–Trinajstić information content (AvgIpc) is 3.52. The first kappa shape index (κ1) is 20.1. The first-order valence-corrected chi connectivity index (χ1v) is 11.5. The normalized spacial score (nSPS) is 14.2. The quantitative estimate of drug-likeness (QED) is 0.366. The van der Waals surface area contributed by atoms with Crippen molar-refractivity contribution in [1.82, 2.24) is 29.4 Å². The number of benzene rings is 1. The van der Waals surface area contributed by atoms with E-state index in [0.717, 1.165) is 57.4 Å². The summed E-state index contributed by atoms with van der Waals surface area (Å²) in [6.45, 7) is 2.98. The third kappa shape index (κ3) is 3.90. The number of rotatable bonds is 4. The number of halogens is 1. The lowest BCUT2D eigenvalue weighted by Crippen LogP contribution is -2.37. The molecule has 164 valence electrons. The van der Waals surface area contributed by atoms with Gasteiger partial charge < -0.3 is 9.64 Å². The molecule has 0 saturated carbocycles. The van der Waals surface area contributed by atoms with Crippen LogP contribution in [0.1, 0.15) is 0 Å². The number of ether oxygens (including phenoxy) is 1. The average molecular weight is 502 g/mol. The Morgan fingerprint density at radius 2 is 1.70 bits per heavy atom. The summed E-state index contributed by atoms with van der Waals surface area (Å²) in [7, 11) is 0. The molecule has 0 radical (unpaired) electrons. The van der Waals surface area contributed by atoms with Crippen molar-refractivity contribution >= 4 is 27.4 Å². The first-order valence-electron chi connectivity index (χ1n) is 10.7. The molecule has 8 nitrogen and oxygen atoms in total. The van der Waals surface area contributed by atoms with Crippen molar-refractivity contribution in [1.29, 1.82) is 0 Å². The van der Waals surface area contributed by atoms with Gasteiger partial charge in [0.2, 0.25) is 0 Å². The van der Waals surface area contributed by atoms with Gasteiger partial charge >= 0.3 is 0 Å². The van der Waals surface area contributed by atoms with E-state index in [-0.39, 0.29) is 0 Å². The number of hydrogen-bond donors (Lipinski definition) is 0. The van der Waals surface area contributed by atoms with E-state index < -0.39 is 0 Å². The summed E-state index contributed by atoms with van der Waals surface area (Å²) >= 11 is 3.53. The molecule has 1 aromatic carbocycles. The molecule has 0 amide bonds. The minimum Gasteiger partial charge on any atom is -0.378 e. The van der Waals surface area contributed by atoms with E-state index in [1.165, 1.54) is 0 Å². The molecule has 4 aromatic heterocycles. The van der Waals surface area contributed by atoms with Crippen molar-refractivity contribution in [2.24, 2.45) is 0 Å². The highest BCUT2D eigenvalue weighted by molar-refractivity contribution is 9.10. The van der Waals surface area contributed by atoms with Gasteiger partial charge in [-0.3, -0.25) is 4.98 Å². The third-order valence-electron chi connectivity index (χ3n) is 5.64. The molecule has 0 aliphatic carbocycles. The molecule has 0 bridgehead atoms. The van der Waals surface area contributed by atoms with Gasteiger partial charge in [0.15, 0.2) is 5.65 Å². The zero-order valence-corrected chi connectivity index (χ0v) is 19.3. The van der Waals surface area contributed by atoms with Crippen LogP contribution in [0, 0.1) is 0 Å². The topological polar surface area (TPSA) is 73.4 Å². The maximum Gasteiger partial charge on any atom is 0.158 e. The van der Waals surface area contributed by atoms with E-state index in [4.69, 9.17) is 19.9 Å². The van der Waals surface area contributed by atoms with Crippen molar-refractivity contribution in [2.45, 2.75) is 0 Å². The fourth-order valence-electron chi connectivity index (χ4n) is 3.99. The highest BCUT2D eigenvalue weighted by Crippen LogP contribution is 2.28. The van der Waals surface area contributed by atoms with Crippen molar-refractivity contribution in [3.63, 3.8) is 0 Å². The van der Waals surface area contributed by atoms with Gasteiger partial charge in [0.25, 0.3) is 0 Å². The number of morpholine rings is 1. The summed E-state index contributed by atoms with van der Waals surface area (Å²) < 4.78 is 10.4. The second-order valence-corrected chi connectivity index (χ2v) is 8.68. The summed E-state index contributed by atoms with van der Waals surface area (Å²) in [6.07, 6.45) is 5.50. The summed E-state index contributed by atoms with van der Waals surface area (Å²) in [4.78, 5) is 11.3. The summed E-state index contributed by atoms with van der Waals surface area (Å²) in [6, 6.07) is 18.0.